The first-order chi connectivity index (χ1) is 11.5. The molecule has 7 heteroatoms. The smallest absolute Gasteiger partial charge is 0.347 e. The molecule has 2 aromatic rings. The van der Waals surface area contributed by atoms with Gasteiger partial charge in [0.25, 0.3) is 0 Å². The molecular weight excluding hydrogens is 308 g/mol. The Kier molecular flexibility index (Phi) is 4.51. The van der Waals surface area contributed by atoms with Crippen LogP contribution >= 0.6 is 0 Å². The molecule has 0 aliphatic carbocycles. The van der Waals surface area contributed by atoms with Gasteiger partial charge in [0.05, 0.1) is 4.92 Å². The molecule has 1 saturated heterocycles. The number of aromatic nitrogens is 2. The van der Waals surface area contributed by atoms with Gasteiger partial charge in [0.15, 0.2) is 0 Å². The zero-order valence-corrected chi connectivity index (χ0v) is 14.0. The lowest BCUT2D eigenvalue weighted by molar-refractivity contribution is -0.385. The molecule has 1 fully saturated rings. The van der Waals surface area contributed by atoms with Crippen LogP contribution in [0.25, 0.3) is 5.65 Å². The van der Waals surface area contributed by atoms with E-state index in [0.29, 0.717) is 18.1 Å². The summed E-state index contributed by atoms with van der Waals surface area (Å²) in [4.78, 5) is 30.0. The van der Waals surface area contributed by atoms with Crippen LogP contribution in [0.15, 0.2) is 29.2 Å². The van der Waals surface area contributed by atoms with Gasteiger partial charge in [-0.25, -0.2) is 4.98 Å². The molecule has 24 heavy (non-hydrogen) atoms. The lowest BCUT2D eigenvalue weighted by atomic mass is 9.95. The molecule has 0 spiro atoms. The number of nitrogens with zero attached hydrogens (tertiary/aromatic N) is 4. The molecule has 1 aliphatic rings. The van der Waals surface area contributed by atoms with Gasteiger partial charge in [-0.05, 0) is 37.3 Å². The van der Waals surface area contributed by atoms with Crippen molar-refractivity contribution in [2.75, 3.05) is 11.4 Å². The number of hydrogen-bond donors (Lipinski definition) is 0. The van der Waals surface area contributed by atoms with Gasteiger partial charge in [-0.3, -0.25) is 19.3 Å². The molecule has 2 unspecified atom stereocenters. The van der Waals surface area contributed by atoms with E-state index in [-0.39, 0.29) is 11.9 Å². The van der Waals surface area contributed by atoms with E-state index in [1.54, 1.807) is 18.2 Å². The van der Waals surface area contributed by atoms with Crippen molar-refractivity contribution >= 4 is 17.2 Å². The third-order valence-corrected chi connectivity index (χ3v) is 4.85. The van der Waals surface area contributed by atoms with Crippen LogP contribution in [0.2, 0.25) is 0 Å². The quantitative estimate of drug-likeness (QED) is 0.622. The van der Waals surface area contributed by atoms with E-state index in [1.807, 2.05) is 4.90 Å². The molecular formula is C17H22N4O3. The third kappa shape index (κ3) is 2.74. The van der Waals surface area contributed by atoms with E-state index >= 15 is 0 Å². The normalized spacial score (nSPS) is 18.9. The Morgan fingerprint density at radius 1 is 1.46 bits per heavy atom. The Labute approximate surface area is 140 Å². The van der Waals surface area contributed by atoms with Gasteiger partial charge in [-0.15, -0.1) is 0 Å². The van der Waals surface area contributed by atoms with Crippen LogP contribution in [0.4, 0.5) is 11.5 Å². The van der Waals surface area contributed by atoms with Gasteiger partial charge in [0.2, 0.25) is 5.82 Å². The minimum Gasteiger partial charge on any atom is -0.347 e. The first kappa shape index (κ1) is 16.4. The average molecular weight is 330 g/mol. The van der Waals surface area contributed by atoms with Crippen molar-refractivity contribution in [3.63, 3.8) is 0 Å². The minimum absolute atomic E-state index is 0.196. The van der Waals surface area contributed by atoms with Crippen LogP contribution in [-0.2, 0) is 0 Å². The summed E-state index contributed by atoms with van der Waals surface area (Å²) >= 11 is 0. The van der Waals surface area contributed by atoms with Crippen molar-refractivity contribution in [2.45, 2.75) is 45.6 Å². The summed E-state index contributed by atoms with van der Waals surface area (Å²) in [6, 6.07) is 5.34. The Balaban J connectivity index is 2.16. The fourth-order valence-corrected chi connectivity index (χ4v) is 3.72. The van der Waals surface area contributed by atoms with Crippen molar-refractivity contribution in [1.29, 1.82) is 0 Å². The highest BCUT2D eigenvalue weighted by Gasteiger charge is 2.36. The largest absolute Gasteiger partial charge is 0.376 e. The van der Waals surface area contributed by atoms with Crippen LogP contribution < -0.4 is 10.5 Å². The molecule has 3 rings (SSSR count). The summed E-state index contributed by atoms with van der Waals surface area (Å²) in [5.74, 6) is 0.634. The fraction of sp³-hybridized carbons (Fsp3) is 0.529. The van der Waals surface area contributed by atoms with E-state index in [2.05, 4.69) is 18.8 Å². The summed E-state index contributed by atoms with van der Waals surface area (Å²) in [6.45, 7) is 5.01. The van der Waals surface area contributed by atoms with Crippen molar-refractivity contribution in [3.8, 4) is 0 Å². The van der Waals surface area contributed by atoms with Gasteiger partial charge in [-0.1, -0.05) is 26.3 Å². The SMILES string of the molecule is CCCC(C)C1CCCN1c1nc2ccccn2c(=O)c1[N+](=O)[O-]. The second kappa shape index (κ2) is 6.59. The maximum absolute atomic E-state index is 12.6. The first-order valence-corrected chi connectivity index (χ1v) is 8.47. The van der Waals surface area contributed by atoms with Gasteiger partial charge < -0.3 is 4.90 Å². The second-order valence-electron chi connectivity index (χ2n) is 6.44. The topological polar surface area (TPSA) is 80.8 Å². The highest BCUT2D eigenvalue weighted by Crippen LogP contribution is 2.34. The van der Waals surface area contributed by atoms with E-state index in [1.165, 1.54) is 10.6 Å². The third-order valence-electron chi connectivity index (χ3n) is 4.85. The van der Waals surface area contributed by atoms with Crippen molar-refractivity contribution in [1.82, 2.24) is 9.38 Å². The second-order valence-corrected chi connectivity index (χ2v) is 6.44. The van der Waals surface area contributed by atoms with Gasteiger partial charge in [-0.2, -0.15) is 0 Å². The minimum atomic E-state index is -0.616. The summed E-state index contributed by atoms with van der Waals surface area (Å²) < 4.78 is 1.24. The zero-order valence-electron chi connectivity index (χ0n) is 14.0. The molecule has 2 atom stereocenters. The predicted molar refractivity (Wildman–Crippen MR) is 92.6 cm³/mol. The van der Waals surface area contributed by atoms with E-state index in [9.17, 15) is 14.9 Å². The summed E-state index contributed by atoms with van der Waals surface area (Å²) in [5, 5.41) is 11.6. The van der Waals surface area contributed by atoms with Crippen LogP contribution in [0.1, 0.15) is 39.5 Å². The van der Waals surface area contributed by atoms with Crippen molar-refractivity contribution in [2.24, 2.45) is 5.92 Å². The lowest BCUT2D eigenvalue weighted by Gasteiger charge is -2.30. The monoisotopic (exact) mass is 330 g/mol. The number of hydrogen-bond acceptors (Lipinski definition) is 5. The van der Waals surface area contributed by atoms with Gasteiger partial charge >= 0.3 is 11.2 Å². The van der Waals surface area contributed by atoms with E-state index < -0.39 is 16.2 Å². The Hall–Kier alpha value is -2.44. The summed E-state index contributed by atoms with van der Waals surface area (Å²) in [6.07, 6.45) is 5.59. The van der Waals surface area contributed by atoms with E-state index in [0.717, 1.165) is 25.7 Å². The molecule has 0 N–H and O–H groups in total. The maximum Gasteiger partial charge on any atom is 0.376 e. The molecule has 1 aliphatic heterocycles. The summed E-state index contributed by atoms with van der Waals surface area (Å²) in [5.41, 5.74) is -0.597. The standard InChI is InChI=1S/C17H22N4O3/c1-3-7-12(2)13-8-6-11-19(13)16-15(21(23)24)17(22)20-10-5-4-9-14(20)18-16/h4-5,9-10,12-13H,3,6-8,11H2,1-2H3. The van der Waals surface area contributed by atoms with Crippen LogP contribution in [0.3, 0.4) is 0 Å². The molecule has 128 valence electrons. The molecule has 7 nitrogen and oxygen atoms in total. The molecule has 0 saturated carbocycles. The molecule has 0 bridgehead atoms. The molecule has 3 heterocycles. The average Bonchev–Trinajstić information content (AvgIpc) is 3.04. The Morgan fingerprint density at radius 3 is 2.96 bits per heavy atom. The highest BCUT2D eigenvalue weighted by atomic mass is 16.6. The predicted octanol–water partition coefficient (Wildman–Crippen LogP) is 3.01. The zero-order chi connectivity index (χ0) is 17.3. The molecule has 0 radical (unpaired) electrons. The first-order valence-electron chi connectivity index (χ1n) is 8.47. The fourth-order valence-electron chi connectivity index (χ4n) is 3.72. The van der Waals surface area contributed by atoms with Gasteiger partial charge in [0.1, 0.15) is 5.65 Å². The molecule has 0 aromatic carbocycles. The number of pyridine rings is 1. The Morgan fingerprint density at radius 2 is 2.25 bits per heavy atom. The number of fused-ring (bicyclic) bond motifs is 1. The number of rotatable bonds is 5. The van der Waals surface area contributed by atoms with Crippen molar-refractivity contribution < 1.29 is 4.92 Å². The van der Waals surface area contributed by atoms with Crippen LogP contribution in [-0.4, -0.2) is 26.9 Å². The van der Waals surface area contributed by atoms with E-state index in [4.69, 9.17) is 0 Å². The maximum atomic E-state index is 12.6. The lowest BCUT2D eigenvalue weighted by Crippen LogP contribution is -2.37. The number of nitro groups is 1. The number of anilines is 1. The summed E-state index contributed by atoms with van der Waals surface area (Å²) in [7, 11) is 0. The van der Waals surface area contributed by atoms with Crippen LogP contribution in [0, 0.1) is 16.0 Å². The Bertz CT molecular complexity index is 817. The highest BCUT2D eigenvalue weighted by molar-refractivity contribution is 5.62. The van der Waals surface area contributed by atoms with Gasteiger partial charge in [0, 0.05) is 18.8 Å². The molecule has 0 amide bonds. The van der Waals surface area contributed by atoms with Crippen molar-refractivity contribution in [3.05, 3.63) is 44.9 Å². The molecule has 2 aromatic heterocycles. The van der Waals surface area contributed by atoms with Crippen LogP contribution in [0.5, 0.6) is 0 Å².